The summed E-state index contributed by atoms with van der Waals surface area (Å²) in [6.45, 7) is 4.06. The average Bonchev–Trinajstić information content (AvgIpc) is 2.34. The summed E-state index contributed by atoms with van der Waals surface area (Å²) in [7, 11) is 0. The second-order valence-corrected chi connectivity index (χ2v) is 4.04. The van der Waals surface area contributed by atoms with Crippen LogP contribution < -0.4 is 5.32 Å². The summed E-state index contributed by atoms with van der Waals surface area (Å²) >= 11 is 0. The number of rotatable bonds is 4. The standard InChI is InChI=1S/C13H16N2O2/c1-10(2)12(8-14)17-13(16)15-9-11-6-4-3-5-7-11/h3-7,10,12H,9H2,1-2H3,(H,15,16)/t12-/m1/s1. The van der Waals surface area contributed by atoms with Crippen LogP contribution in [0.1, 0.15) is 19.4 Å². The van der Waals surface area contributed by atoms with Crippen molar-refractivity contribution in [1.29, 1.82) is 5.26 Å². The zero-order valence-electron chi connectivity index (χ0n) is 10.0. The third-order valence-electron chi connectivity index (χ3n) is 2.25. The lowest BCUT2D eigenvalue weighted by atomic mass is 10.1. The molecule has 0 saturated heterocycles. The Labute approximate surface area is 101 Å². The topological polar surface area (TPSA) is 62.1 Å². The van der Waals surface area contributed by atoms with Crippen molar-refractivity contribution in [3.8, 4) is 6.07 Å². The van der Waals surface area contributed by atoms with Crippen molar-refractivity contribution in [2.45, 2.75) is 26.5 Å². The van der Waals surface area contributed by atoms with Crippen LogP contribution in [0.25, 0.3) is 0 Å². The van der Waals surface area contributed by atoms with Crippen LogP contribution in [-0.4, -0.2) is 12.2 Å². The van der Waals surface area contributed by atoms with E-state index in [1.165, 1.54) is 0 Å². The first-order valence-corrected chi connectivity index (χ1v) is 5.51. The van der Waals surface area contributed by atoms with Crippen molar-refractivity contribution in [1.82, 2.24) is 5.32 Å². The van der Waals surface area contributed by atoms with Crippen LogP contribution in [0.3, 0.4) is 0 Å². The number of alkyl carbamates (subject to hydrolysis) is 1. The summed E-state index contributed by atoms with van der Waals surface area (Å²) in [4.78, 5) is 11.4. The van der Waals surface area contributed by atoms with Crippen molar-refractivity contribution >= 4 is 6.09 Å². The van der Waals surface area contributed by atoms with Crippen molar-refractivity contribution in [2.24, 2.45) is 5.92 Å². The number of ether oxygens (including phenoxy) is 1. The number of nitrogens with zero attached hydrogens (tertiary/aromatic N) is 1. The third kappa shape index (κ3) is 4.56. The normalized spacial score (nSPS) is 11.6. The number of nitrogens with one attached hydrogen (secondary N) is 1. The fraction of sp³-hybridized carbons (Fsp3) is 0.385. The SMILES string of the molecule is CC(C)[C@@H](C#N)OC(=O)NCc1ccccc1. The van der Waals surface area contributed by atoms with Gasteiger partial charge in [-0.25, -0.2) is 4.79 Å². The number of hydrogen-bond donors (Lipinski definition) is 1. The number of carbonyl (C=O) groups excluding carboxylic acids is 1. The molecule has 0 fully saturated rings. The Hall–Kier alpha value is -2.02. The van der Waals surface area contributed by atoms with Crippen LogP contribution >= 0.6 is 0 Å². The van der Waals surface area contributed by atoms with Crippen LogP contribution in [0.15, 0.2) is 30.3 Å². The van der Waals surface area contributed by atoms with E-state index in [2.05, 4.69) is 5.32 Å². The first-order valence-electron chi connectivity index (χ1n) is 5.51. The summed E-state index contributed by atoms with van der Waals surface area (Å²) in [5, 5.41) is 11.4. The molecular formula is C13H16N2O2. The lowest BCUT2D eigenvalue weighted by Crippen LogP contribution is -2.30. The van der Waals surface area contributed by atoms with Crippen molar-refractivity contribution < 1.29 is 9.53 Å². The monoisotopic (exact) mass is 232 g/mol. The Bertz CT molecular complexity index is 396. The highest BCUT2D eigenvalue weighted by Gasteiger charge is 2.16. The van der Waals surface area contributed by atoms with E-state index in [-0.39, 0.29) is 5.92 Å². The summed E-state index contributed by atoms with van der Waals surface area (Å²) in [6, 6.07) is 11.5. The molecule has 4 nitrogen and oxygen atoms in total. The van der Waals surface area contributed by atoms with Gasteiger partial charge in [0.25, 0.3) is 0 Å². The molecule has 4 heteroatoms. The molecule has 0 spiro atoms. The van der Waals surface area contributed by atoms with Gasteiger partial charge in [0, 0.05) is 12.5 Å². The molecule has 17 heavy (non-hydrogen) atoms. The van der Waals surface area contributed by atoms with Gasteiger partial charge in [-0.15, -0.1) is 0 Å². The summed E-state index contributed by atoms with van der Waals surface area (Å²) in [5.74, 6) is -0.0116. The Morgan fingerprint density at radius 2 is 2.06 bits per heavy atom. The van der Waals surface area contributed by atoms with Crippen LogP contribution in [0.2, 0.25) is 0 Å². The van der Waals surface area contributed by atoms with E-state index in [0.29, 0.717) is 6.54 Å². The molecule has 1 aromatic carbocycles. The molecule has 0 aliphatic heterocycles. The molecule has 0 aromatic heterocycles. The van der Waals surface area contributed by atoms with Gasteiger partial charge in [0.05, 0.1) is 0 Å². The van der Waals surface area contributed by atoms with Crippen LogP contribution in [0.5, 0.6) is 0 Å². The average molecular weight is 232 g/mol. The number of carbonyl (C=O) groups is 1. The minimum absolute atomic E-state index is 0.0116. The first-order chi connectivity index (χ1) is 8.13. The highest BCUT2D eigenvalue weighted by atomic mass is 16.6. The van der Waals surface area contributed by atoms with Gasteiger partial charge in [0.1, 0.15) is 6.07 Å². The predicted molar refractivity (Wildman–Crippen MR) is 64.0 cm³/mol. The number of hydrogen-bond acceptors (Lipinski definition) is 3. The minimum Gasteiger partial charge on any atom is -0.431 e. The molecule has 1 atom stereocenters. The fourth-order valence-electron chi connectivity index (χ4n) is 1.24. The largest absolute Gasteiger partial charge is 0.431 e. The molecule has 0 radical (unpaired) electrons. The van der Waals surface area contributed by atoms with Gasteiger partial charge in [-0.05, 0) is 5.56 Å². The minimum atomic E-state index is -0.703. The number of benzene rings is 1. The molecule has 0 bridgehead atoms. The maximum absolute atomic E-state index is 11.4. The zero-order chi connectivity index (χ0) is 12.7. The molecular weight excluding hydrogens is 216 g/mol. The molecule has 90 valence electrons. The Balaban J connectivity index is 2.38. The zero-order valence-corrected chi connectivity index (χ0v) is 10.0. The van der Waals surface area contributed by atoms with E-state index in [4.69, 9.17) is 10.00 Å². The predicted octanol–water partition coefficient (Wildman–Crippen LogP) is 2.46. The maximum Gasteiger partial charge on any atom is 0.408 e. The summed E-state index contributed by atoms with van der Waals surface area (Å²) < 4.78 is 4.97. The van der Waals surface area contributed by atoms with Crippen molar-refractivity contribution in [2.75, 3.05) is 0 Å². The Morgan fingerprint density at radius 3 is 2.59 bits per heavy atom. The number of amides is 1. The van der Waals surface area contributed by atoms with Gasteiger partial charge in [0.2, 0.25) is 0 Å². The van der Waals surface area contributed by atoms with Gasteiger partial charge in [0.15, 0.2) is 6.10 Å². The molecule has 1 amide bonds. The van der Waals surface area contributed by atoms with E-state index >= 15 is 0 Å². The summed E-state index contributed by atoms with van der Waals surface area (Å²) in [6.07, 6.45) is -1.26. The Kier molecular flexibility index (Phi) is 5.02. The van der Waals surface area contributed by atoms with Crippen LogP contribution in [0.4, 0.5) is 4.79 Å². The smallest absolute Gasteiger partial charge is 0.408 e. The van der Waals surface area contributed by atoms with Gasteiger partial charge >= 0.3 is 6.09 Å². The molecule has 0 aliphatic rings. The summed E-state index contributed by atoms with van der Waals surface area (Å²) in [5.41, 5.74) is 0.988. The first kappa shape index (κ1) is 13.0. The molecule has 0 unspecified atom stereocenters. The van der Waals surface area contributed by atoms with Crippen molar-refractivity contribution in [3.05, 3.63) is 35.9 Å². The fourth-order valence-corrected chi connectivity index (χ4v) is 1.24. The van der Waals surface area contributed by atoms with Gasteiger partial charge in [-0.3, -0.25) is 0 Å². The van der Waals surface area contributed by atoms with Crippen molar-refractivity contribution in [3.63, 3.8) is 0 Å². The van der Waals surface area contributed by atoms with E-state index in [9.17, 15) is 4.79 Å². The quantitative estimate of drug-likeness (QED) is 0.867. The van der Waals surface area contributed by atoms with Gasteiger partial charge < -0.3 is 10.1 Å². The highest BCUT2D eigenvalue weighted by Crippen LogP contribution is 2.05. The van der Waals surface area contributed by atoms with Gasteiger partial charge in [-0.1, -0.05) is 44.2 Å². The van der Waals surface area contributed by atoms with Crippen LogP contribution in [-0.2, 0) is 11.3 Å². The maximum atomic E-state index is 11.4. The lowest BCUT2D eigenvalue weighted by molar-refractivity contribution is 0.101. The second-order valence-electron chi connectivity index (χ2n) is 4.04. The number of nitriles is 1. The second kappa shape index (κ2) is 6.54. The van der Waals surface area contributed by atoms with Gasteiger partial charge in [-0.2, -0.15) is 5.26 Å². The molecule has 1 rings (SSSR count). The van der Waals surface area contributed by atoms with E-state index < -0.39 is 12.2 Å². The highest BCUT2D eigenvalue weighted by molar-refractivity contribution is 5.67. The molecule has 0 heterocycles. The Morgan fingerprint density at radius 1 is 1.41 bits per heavy atom. The molecule has 1 aromatic rings. The molecule has 0 aliphatic carbocycles. The van der Waals surface area contributed by atoms with E-state index in [1.807, 2.05) is 50.2 Å². The molecule has 0 saturated carbocycles. The van der Waals surface area contributed by atoms with E-state index in [1.54, 1.807) is 0 Å². The third-order valence-corrected chi connectivity index (χ3v) is 2.25. The van der Waals surface area contributed by atoms with Crippen LogP contribution in [0, 0.1) is 17.2 Å². The lowest BCUT2D eigenvalue weighted by Gasteiger charge is -2.14. The molecule has 1 N–H and O–H groups in total. The van der Waals surface area contributed by atoms with E-state index in [0.717, 1.165) is 5.56 Å².